The minimum atomic E-state index is -1.90. The Kier molecular flexibility index (Phi) is 7.94. The molecule has 1 saturated heterocycles. The Hall–Kier alpha value is -2.24. The third kappa shape index (κ3) is 5.43. The van der Waals surface area contributed by atoms with Gasteiger partial charge in [0.2, 0.25) is 0 Å². The maximum atomic E-state index is 11.0. The van der Waals surface area contributed by atoms with Gasteiger partial charge in [-0.25, -0.2) is 9.36 Å². The van der Waals surface area contributed by atoms with Crippen molar-refractivity contribution in [1.29, 1.82) is 0 Å². The number of hydrogen-bond donors (Lipinski definition) is 6. The van der Waals surface area contributed by atoms with E-state index in [-0.39, 0.29) is 0 Å². The lowest BCUT2D eigenvalue weighted by Gasteiger charge is -2.38. The van der Waals surface area contributed by atoms with Crippen molar-refractivity contribution in [2.45, 2.75) is 49.6 Å². The predicted octanol–water partition coefficient (Wildman–Crippen LogP) is -3.60. The van der Waals surface area contributed by atoms with Crippen LogP contribution in [0.25, 0.3) is 0 Å². The lowest BCUT2D eigenvalue weighted by atomic mass is 9.99. The van der Waals surface area contributed by atoms with Crippen molar-refractivity contribution in [3.63, 3.8) is 0 Å². The highest BCUT2D eigenvalue weighted by Crippen LogP contribution is 2.23. The number of carboxylic acids is 1. The van der Waals surface area contributed by atoms with Gasteiger partial charge in [-0.05, 0) is 4.92 Å². The van der Waals surface area contributed by atoms with Gasteiger partial charge in [0.25, 0.3) is 0 Å². The molecule has 1 aliphatic rings. The summed E-state index contributed by atoms with van der Waals surface area (Å²) in [5.74, 6) is -2.12. The quantitative estimate of drug-likeness (QED) is 0.158. The molecule has 15 nitrogen and oxygen atoms in total. The molecule has 1 aromatic rings. The van der Waals surface area contributed by atoms with Gasteiger partial charge in [0.15, 0.2) is 19.1 Å². The normalized spacial score (nSPS) is 29.3. The second kappa shape index (κ2) is 9.99. The third-order valence-corrected chi connectivity index (χ3v) is 4.14. The number of aliphatic hydroxyl groups is 5. The summed E-state index contributed by atoms with van der Waals surface area (Å²) in [7, 11) is 0. The van der Waals surface area contributed by atoms with Crippen molar-refractivity contribution >= 4 is 11.9 Å². The Bertz CT molecular complexity index is 699. The average Bonchev–Trinajstić information content (AvgIpc) is 3.14. The number of aliphatic carboxylic acids is 1. The fourth-order valence-electron chi connectivity index (χ4n) is 2.53. The van der Waals surface area contributed by atoms with Gasteiger partial charge in [-0.15, -0.1) is 0 Å². The first kappa shape index (κ1) is 23.0. The van der Waals surface area contributed by atoms with Crippen LogP contribution in [0.3, 0.4) is 0 Å². The molecule has 0 saturated carbocycles. The SMILES string of the molecule is O=C(O)[C@H]1O[C@@H](OC[C@H](O)[C@@H](CO)OCn2ccnc2[N+](=O)[O-])[C@H](O)[C@@H](O)[C@@H]1O. The molecule has 6 N–H and O–H groups in total. The number of imidazole rings is 1. The first-order valence-corrected chi connectivity index (χ1v) is 8.27. The number of nitrogens with zero attached hydrogens (tertiary/aromatic N) is 3. The molecule has 1 aromatic heterocycles. The van der Waals surface area contributed by atoms with E-state index in [0.29, 0.717) is 0 Å². The number of carboxylic acid groups (broad SMARTS) is 1. The predicted molar refractivity (Wildman–Crippen MR) is 87.1 cm³/mol. The molecule has 0 bridgehead atoms. The Balaban J connectivity index is 1.91. The van der Waals surface area contributed by atoms with E-state index in [1.54, 1.807) is 0 Å². The monoisotopic (exact) mass is 423 g/mol. The van der Waals surface area contributed by atoms with Crippen LogP contribution in [-0.2, 0) is 25.7 Å². The first-order chi connectivity index (χ1) is 13.7. The Morgan fingerprint density at radius 1 is 1.34 bits per heavy atom. The average molecular weight is 423 g/mol. The van der Waals surface area contributed by atoms with Gasteiger partial charge >= 0.3 is 11.9 Å². The number of hydrogen-bond acceptors (Lipinski definition) is 12. The standard InChI is InChI=1S/C14H21N3O12/c18-3-7(28-5-16-2-1-15-14(16)17(25)26)6(19)4-27-13-10(22)8(20)9(21)11(29-13)12(23)24/h1-2,6-11,13,18-22H,3-5H2,(H,23,24)/t6-,7+,8-,9-,10+,11-,13+/m0/s1. The topological polar surface area (TPSA) is 227 Å². The van der Waals surface area contributed by atoms with E-state index >= 15 is 0 Å². The number of ether oxygens (including phenoxy) is 3. The number of nitro groups is 1. The molecule has 0 unspecified atom stereocenters. The fourth-order valence-corrected chi connectivity index (χ4v) is 2.53. The highest BCUT2D eigenvalue weighted by molar-refractivity contribution is 5.73. The second-order valence-corrected chi connectivity index (χ2v) is 6.11. The molecule has 2 rings (SSSR count). The summed E-state index contributed by atoms with van der Waals surface area (Å²) >= 11 is 0. The summed E-state index contributed by atoms with van der Waals surface area (Å²) < 4.78 is 16.2. The molecule has 0 aromatic carbocycles. The summed E-state index contributed by atoms with van der Waals surface area (Å²) in [5.41, 5.74) is 0. The van der Waals surface area contributed by atoms with Gasteiger partial charge < -0.3 is 55.0 Å². The van der Waals surface area contributed by atoms with Crippen molar-refractivity contribution in [3.8, 4) is 0 Å². The van der Waals surface area contributed by atoms with Crippen LogP contribution >= 0.6 is 0 Å². The zero-order valence-electron chi connectivity index (χ0n) is 14.8. The minimum absolute atomic E-state index is 0.423. The number of rotatable bonds is 10. The summed E-state index contributed by atoms with van der Waals surface area (Å²) in [4.78, 5) is 24.6. The van der Waals surface area contributed by atoms with Crippen LogP contribution in [0.2, 0.25) is 0 Å². The maximum Gasteiger partial charge on any atom is 0.436 e. The number of carbonyl (C=O) groups is 1. The second-order valence-electron chi connectivity index (χ2n) is 6.11. The molecular formula is C14H21N3O12. The number of aromatic nitrogens is 2. The molecular weight excluding hydrogens is 402 g/mol. The van der Waals surface area contributed by atoms with Gasteiger partial charge in [0, 0.05) is 0 Å². The van der Waals surface area contributed by atoms with Gasteiger partial charge in [-0.2, -0.15) is 0 Å². The summed E-state index contributed by atoms with van der Waals surface area (Å²) in [6.45, 7) is -1.76. The molecule has 1 aliphatic heterocycles. The van der Waals surface area contributed by atoms with E-state index in [4.69, 9.17) is 19.3 Å². The van der Waals surface area contributed by atoms with E-state index in [1.165, 1.54) is 6.20 Å². The molecule has 1 fully saturated rings. The smallest absolute Gasteiger partial charge is 0.436 e. The molecule has 0 spiro atoms. The molecule has 15 heteroatoms. The number of aliphatic hydroxyl groups excluding tert-OH is 5. The highest BCUT2D eigenvalue weighted by atomic mass is 16.7. The van der Waals surface area contributed by atoms with Crippen molar-refractivity contribution in [2.24, 2.45) is 0 Å². The molecule has 0 aliphatic carbocycles. The van der Waals surface area contributed by atoms with Crippen LogP contribution in [0.4, 0.5) is 5.95 Å². The van der Waals surface area contributed by atoms with Gasteiger partial charge in [0.05, 0.1) is 13.2 Å². The molecule has 29 heavy (non-hydrogen) atoms. The summed E-state index contributed by atoms with van der Waals surface area (Å²) in [5, 5.41) is 68.3. The van der Waals surface area contributed by atoms with E-state index < -0.39 is 79.7 Å². The Labute approximate surface area is 162 Å². The van der Waals surface area contributed by atoms with E-state index in [1.807, 2.05) is 0 Å². The van der Waals surface area contributed by atoms with Crippen LogP contribution < -0.4 is 0 Å². The first-order valence-electron chi connectivity index (χ1n) is 8.27. The van der Waals surface area contributed by atoms with Crippen molar-refractivity contribution in [3.05, 3.63) is 22.5 Å². The Morgan fingerprint density at radius 2 is 2.03 bits per heavy atom. The van der Waals surface area contributed by atoms with Crippen LogP contribution in [0.15, 0.2) is 12.4 Å². The molecule has 7 atom stereocenters. The zero-order valence-corrected chi connectivity index (χ0v) is 14.8. The van der Waals surface area contributed by atoms with Gasteiger partial charge in [-0.3, -0.25) is 0 Å². The van der Waals surface area contributed by atoms with E-state index in [9.17, 15) is 40.4 Å². The minimum Gasteiger partial charge on any atom is -0.479 e. The lowest BCUT2D eigenvalue weighted by Crippen LogP contribution is -2.60. The summed E-state index contributed by atoms with van der Waals surface area (Å²) in [6, 6.07) is 0. The molecule has 2 heterocycles. The fraction of sp³-hybridized carbons (Fsp3) is 0.714. The maximum absolute atomic E-state index is 11.0. The van der Waals surface area contributed by atoms with Gasteiger partial charge in [0.1, 0.15) is 42.9 Å². The van der Waals surface area contributed by atoms with Gasteiger partial charge in [-0.1, -0.05) is 4.98 Å². The van der Waals surface area contributed by atoms with Crippen LogP contribution in [0.1, 0.15) is 0 Å². The molecule has 0 radical (unpaired) electrons. The summed E-state index contributed by atoms with van der Waals surface area (Å²) in [6.07, 6.45) is -9.54. The zero-order chi connectivity index (χ0) is 21.7. The van der Waals surface area contributed by atoms with E-state index in [2.05, 4.69) is 4.98 Å². The lowest BCUT2D eigenvalue weighted by molar-refractivity contribution is -0.397. The third-order valence-electron chi connectivity index (χ3n) is 4.14. The Morgan fingerprint density at radius 3 is 2.62 bits per heavy atom. The largest absolute Gasteiger partial charge is 0.479 e. The van der Waals surface area contributed by atoms with Crippen molar-refractivity contribution in [2.75, 3.05) is 13.2 Å². The van der Waals surface area contributed by atoms with E-state index in [0.717, 1.165) is 10.8 Å². The van der Waals surface area contributed by atoms with Crippen molar-refractivity contribution < 1.29 is 54.6 Å². The van der Waals surface area contributed by atoms with Crippen LogP contribution in [0.5, 0.6) is 0 Å². The van der Waals surface area contributed by atoms with Crippen LogP contribution in [-0.4, -0.2) is 107 Å². The molecule has 0 amide bonds. The van der Waals surface area contributed by atoms with Crippen molar-refractivity contribution in [1.82, 2.24) is 9.55 Å². The van der Waals surface area contributed by atoms with Crippen LogP contribution in [0, 0.1) is 10.1 Å². The highest BCUT2D eigenvalue weighted by Gasteiger charge is 2.47. The molecule has 164 valence electrons.